The van der Waals surface area contributed by atoms with E-state index in [1.54, 1.807) is 12.1 Å². The molecule has 1 rings (SSSR count). The first-order valence-corrected chi connectivity index (χ1v) is 6.64. The van der Waals surface area contributed by atoms with Crippen LogP contribution in [0.5, 0.6) is 0 Å². The summed E-state index contributed by atoms with van der Waals surface area (Å²) in [4.78, 5) is 10.1. The average molecular weight is 266 g/mol. The van der Waals surface area contributed by atoms with Crippen molar-refractivity contribution in [1.82, 2.24) is 5.32 Å². The topological polar surface area (TPSA) is 75.4 Å². The van der Waals surface area contributed by atoms with Crippen molar-refractivity contribution in [3.8, 4) is 0 Å². The molecule has 2 N–H and O–H groups in total. The van der Waals surface area contributed by atoms with E-state index in [4.69, 9.17) is 0 Å². The number of nitrogens with zero attached hydrogens (tertiary/aromatic N) is 1. The molecule has 1 unspecified atom stereocenters. The summed E-state index contributed by atoms with van der Waals surface area (Å²) in [5.41, 5.74) is 0.739. The number of non-ortho nitro benzene ring substituents is 1. The molecule has 0 saturated carbocycles. The van der Waals surface area contributed by atoms with Crippen LogP contribution in [0.4, 0.5) is 5.69 Å². The summed E-state index contributed by atoms with van der Waals surface area (Å²) in [5.74, 6) is 0.696. The maximum atomic E-state index is 10.5. The van der Waals surface area contributed by atoms with E-state index in [0.717, 1.165) is 13.0 Å². The maximum Gasteiger partial charge on any atom is 0.269 e. The van der Waals surface area contributed by atoms with Crippen LogP contribution in [0, 0.1) is 16.0 Å². The number of nitrogens with one attached hydrogen (secondary N) is 1. The number of benzene rings is 1. The Kier molecular flexibility index (Phi) is 6.45. The highest BCUT2D eigenvalue weighted by atomic mass is 16.6. The Hall–Kier alpha value is -1.46. The van der Waals surface area contributed by atoms with Gasteiger partial charge in [-0.25, -0.2) is 0 Å². The molecule has 0 amide bonds. The van der Waals surface area contributed by atoms with Gasteiger partial charge in [0, 0.05) is 18.7 Å². The molecule has 0 spiro atoms. The van der Waals surface area contributed by atoms with Crippen molar-refractivity contribution in [3.63, 3.8) is 0 Å². The largest absolute Gasteiger partial charge is 0.387 e. The fourth-order valence-electron chi connectivity index (χ4n) is 1.81. The van der Waals surface area contributed by atoms with Crippen LogP contribution in [0.15, 0.2) is 24.3 Å². The maximum absolute atomic E-state index is 10.5. The third-order valence-electron chi connectivity index (χ3n) is 2.96. The number of hydrogen-bond donors (Lipinski definition) is 2. The molecule has 0 aliphatic rings. The summed E-state index contributed by atoms with van der Waals surface area (Å²) in [7, 11) is 0. The summed E-state index contributed by atoms with van der Waals surface area (Å²) < 4.78 is 0. The van der Waals surface area contributed by atoms with Crippen LogP contribution < -0.4 is 5.32 Å². The van der Waals surface area contributed by atoms with Crippen LogP contribution in [0.3, 0.4) is 0 Å². The number of hydrogen-bond acceptors (Lipinski definition) is 4. The number of nitro groups is 1. The van der Waals surface area contributed by atoms with Gasteiger partial charge < -0.3 is 10.4 Å². The normalized spacial score (nSPS) is 12.6. The minimum Gasteiger partial charge on any atom is -0.387 e. The van der Waals surface area contributed by atoms with Crippen molar-refractivity contribution in [2.24, 2.45) is 5.92 Å². The van der Waals surface area contributed by atoms with Crippen LogP contribution in [0.1, 0.15) is 38.4 Å². The highest BCUT2D eigenvalue weighted by Gasteiger charge is 2.09. The van der Waals surface area contributed by atoms with Gasteiger partial charge in [0.05, 0.1) is 11.0 Å². The second kappa shape index (κ2) is 7.86. The monoisotopic (exact) mass is 266 g/mol. The van der Waals surface area contributed by atoms with Crippen LogP contribution in [-0.4, -0.2) is 23.1 Å². The lowest BCUT2D eigenvalue weighted by atomic mass is 10.1. The Bertz CT molecular complexity index is 390. The molecule has 0 fully saturated rings. The van der Waals surface area contributed by atoms with Gasteiger partial charge in [0.25, 0.3) is 5.69 Å². The molecule has 5 heteroatoms. The third-order valence-corrected chi connectivity index (χ3v) is 2.96. The fourth-order valence-corrected chi connectivity index (χ4v) is 1.81. The molecule has 106 valence electrons. The molecular weight excluding hydrogens is 244 g/mol. The zero-order chi connectivity index (χ0) is 14.3. The van der Waals surface area contributed by atoms with Crippen molar-refractivity contribution in [2.45, 2.75) is 32.8 Å². The van der Waals surface area contributed by atoms with Gasteiger partial charge in [-0.2, -0.15) is 0 Å². The molecule has 5 nitrogen and oxygen atoms in total. The predicted octanol–water partition coefficient (Wildman–Crippen LogP) is 2.65. The molecular formula is C14H22N2O3. The third kappa shape index (κ3) is 5.81. The van der Waals surface area contributed by atoms with Crippen molar-refractivity contribution in [2.75, 3.05) is 13.1 Å². The fraction of sp³-hybridized carbons (Fsp3) is 0.571. The number of aliphatic hydroxyl groups excluding tert-OH is 1. The van der Waals surface area contributed by atoms with E-state index in [1.165, 1.54) is 18.6 Å². The molecule has 1 atom stereocenters. The van der Waals surface area contributed by atoms with Crippen molar-refractivity contribution in [1.29, 1.82) is 0 Å². The zero-order valence-corrected chi connectivity index (χ0v) is 11.5. The van der Waals surface area contributed by atoms with Gasteiger partial charge in [0.2, 0.25) is 0 Å². The van der Waals surface area contributed by atoms with Crippen LogP contribution in [-0.2, 0) is 0 Å². The van der Waals surface area contributed by atoms with E-state index >= 15 is 0 Å². The van der Waals surface area contributed by atoms with Crippen molar-refractivity contribution < 1.29 is 10.0 Å². The van der Waals surface area contributed by atoms with E-state index < -0.39 is 11.0 Å². The van der Waals surface area contributed by atoms with E-state index in [2.05, 4.69) is 19.2 Å². The summed E-state index contributed by atoms with van der Waals surface area (Å²) in [5, 5.41) is 23.6. The van der Waals surface area contributed by atoms with Crippen molar-refractivity contribution >= 4 is 5.69 Å². The van der Waals surface area contributed by atoms with Crippen molar-refractivity contribution in [3.05, 3.63) is 39.9 Å². The summed E-state index contributed by atoms with van der Waals surface area (Å²) in [6, 6.07) is 6.02. The standard InChI is InChI=1S/C14H22N2O3/c1-11(2)4-3-9-15-10-14(17)12-5-7-13(8-6-12)16(18)19/h5-8,11,14-15,17H,3-4,9-10H2,1-2H3. The summed E-state index contributed by atoms with van der Waals surface area (Å²) in [6.45, 7) is 5.72. The predicted molar refractivity (Wildman–Crippen MR) is 75.0 cm³/mol. The summed E-state index contributed by atoms with van der Waals surface area (Å²) >= 11 is 0. The quantitative estimate of drug-likeness (QED) is 0.431. The van der Waals surface area contributed by atoms with Gasteiger partial charge in [-0.1, -0.05) is 13.8 Å². The number of aliphatic hydroxyl groups is 1. The van der Waals surface area contributed by atoms with Gasteiger partial charge in [0.15, 0.2) is 0 Å². The minimum absolute atomic E-state index is 0.0424. The van der Waals surface area contributed by atoms with E-state index in [0.29, 0.717) is 18.0 Å². The Morgan fingerprint density at radius 3 is 2.47 bits per heavy atom. The molecule has 0 aromatic heterocycles. The van der Waals surface area contributed by atoms with Crippen LogP contribution >= 0.6 is 0 Å². The van der Waals surface area contributed by atoms with E-state index in [9.17, 15) is 15.2 Å². The van der Waals surface area contributed by atoms with Gasteiger partial charge in [0.1, 0.15) is 0 Å². The minimum atomic E-state index is -0.625. The molecule has 0 radical (unpaired) electrons. The first-order chi connectivity index (χ1) is 9.00. The Labute approximate surface area is 113 Å². The van der Waals surface area contributed by atoms with Gasteiger partial charge in [-0.3, -0.25) is 10.1 Å². The number of nitro benzene ring substituents is 1. The SMILES string of the molecule is CC(C)CCCNCC(O)c1ccc([N+](=O)[O-])cc1. The lowest BCUT2D eigenvalue weighted by Gasteiger charge is -2.12. The van der Waals surface area contributed by atoms with E-state index in [-0.39, 0.29) is 5.69 Å². The highest BCUT2D eigenvalue weighted by molar-refractivity contribution is 5.33. The smallest absolute Gasteiger partial charge is 0.269 e. The second-order valence-corrected chi connectivity index (χ2v) is 5.10. The van der Waals surface area contributed by atoms with Gasteiger partial charge in [-0.05, 0) is 43.0 Å². The number of rotatable bonds is 8. The molecule has 0 heterocycles. The van der Waals surface area contributed by atoms with Crippen LogP contribution in [0.2, 0.25) is 0 Å². The lowest BCUT2D eigenvalue weighted by Crippen LogP contribution is -2.22. The molecule has 1 aromatic carbocycles. The molecule has 19 heavy (non-hydrogen) atoms. The van der Waals surface area contributed by atoms with Gasteiger partial charge >= 0.3 is 0 Å². The average Bonchev–Trinajstić information content (AvgIpc) is 2.37. The Morgan fingerprint density at radius 2 is 1.95 bits per heavy atom. The molecule has 1 aromatic rings. The Morgan fingerprint density at radius 1 is 1.32 bits per heavy atom. The molecule has 0 bridgehead atoms. The zero-order valence-electron chi connectivity index (χ0n) is 11.5. The van der Waals surface area contributed by atoms with Gasteiger partial charge in [-0.15, -0.1) is 0 Å². The van der Waals surface area contributed by atoms with Crippen LogP contribution in [0.25, 0.3) is 0 Å². The van der Waals surface area contributed by atoms with E-state index in [1.807, 2.05) is 0 Å². The first-order valence-electron chi connectivity index (χ1n) is 6.64. The molecule has 0 aliphatic carbocycles. The first kappa shape index (κ1) is 15.6. The Balaban J connectivity index is 2.33. The second-order valence-electron chi connectivity index (χ2n) is 5.10. The molecule has 0 saturated heterocycles. The molecule has 0 aliphatic heterocycles. The lowest BCUT2D eigenvalue weighted by molar-refractivity contribution is -0.384. The highest BCUT2D eigenvalue weighted by Crippen LogP contribution is 2.17. The summed E-state index contributed by atoms with van der Waals surface area (Å²) in [6.07, 6.45) is 1.63.